The molecule has 0 saturated carbocycles. The lowest BCUT2D eigenvalue weighted by atomic mass is 10.2. The lowest BCUT2D eigenvalue weighted by Gasteiger charge is -2.07. The van der Waals surface area contributed by atoms with Crippen molar-refractivity contribution in [3.05, 3.63) is 35.4 Å². The first-order chi connectivity index (χ1) is 9.71. The van der Waals surface area contributed by atoms with E-state index in [2.05, 4.69) is 27.2 Å². The summed E-state index contributed by atoms with van der Waals surface area (Å²) in [5, 5.41) is 3.32. The standard InChI is InChI=1S/C14H17ClN4O/c1-3-4-5-12-17-13(15)19-14(18-12)16-10-6-8-11(20-2)9-7-10/h6-9H,3-5H2,1-2H3,(H,16,17,18,19). The Balaban J connectivity index is 2.12. The van der Waals surface area contributed by atoms with E-state index < -0.39 is 0 Å². The highest BCUT2D eigenvalue weighted by Gasteiger charge is 2.05. The molecule has 2 aromatic rings. The number of nitrogens with zero attached hydrogens (tertiary/aromatic N) is 3. The molecular weight excluding hydrogens is 276 g/mol. The van der Waals surface area contributed by atoms with Crippen LogP contribution in [-0.4, -0.2) is 22.1 Å². The highest BCUT2D eigenvalue weighted by atomic mass is 35.5. The van der Waals surface area contributed by atoms with Crippen molar-refractivity contribution in [3.63, 3.8) is 0 Å². The first kappa shape index (κ1) is 14.5. The third-order valence-corrected chi connectivity index (χ3v) is 2.92. The minimum atomic E-state index is 0.210. The Kier molecular flexibility index (Phi) is 5.12. The molecule has 0 atom stereocenters. The van der Waals surface area contributed by atoms with Gasteiger partial charge in [0.2, 0.25) is 11.2 Å². The molecule has 0 amide bonds. The van der Waals surface area contributed by atoms with Gasteiger partial charge in [0.15, 0.2) is 0 Å². The summed E-state index contributed by atoms with van der Waals surface area (Å²) in [4.78, 5) is 12.6. The van der Waals surface area contributed by atoms with Crippen LogP contribution in [-0.2, 0) is 6.42 Å². The second-order valence-electron chi connectivity index (χ2n) is 4.30. The summed E-state index contributed by atoms with van der Waals surface area (Å²) in [5.41, 5.74) is 0.870. The van der Waals surface area contributed by atoms with Gasteiger partial charge in [-0.1, -0.05) is 13.3 Å². The van der Waals surface area contributed by atoms with E-state index >= 15 is 0 Å². The monoisotopic (exact) mass is 292 g/mol. The number of unbranched alkanes of at least 4 members (excludes halogenated alkanes) is 1. The lowest BCUT2D eigenvalue weighted by Crippen LogP contribution is -2.04. The largest absolute Gasteiger partial charge is 0.497 e. The molecule has 20 heavy (non-hydrogen) atoms. The molecule has 0 radical (unpaired) electrons. The highest BCUT2D eigenvalue weighted by Crippen LogP contribution is 2.18. The molecule has 0 saturated heterocycles. The molecule has 0 aliphatic heterocycles. The third kappa shape index (κ3) is 4.06. The van der Waals surface area contributed by atoms with E-state index in [4.69, 9.17) is 16.3 Å². The maximum atomic E-state index is 5.92. The van der Waals surface area contributed by atoms with E-state index in [1.165, 1.54) is 0 Å². The second kappa shape index (κ2) is 7.05. The molecule has 0 unspecified atom stereocenters. The summed E-state index contributed by atoms with van der Waals surface area (Å²) in [5.74, 6) is 1.97. The number of halogens is 1. The van der Waals surface area contributed by atoms with Crippen molar-refractivity contribution in [3.8, 4) is 5.75 Å². The van der Waals surface area contributed by atoms with Gasteiger partial charge in [0.05, 0.1) is 7.11 Å². The fourth-order valence-electron chi connectivity index (χ4n) is 1.70. The highest BCUT2D eigenvalue weighted by molar-refractivity contribution is 6.28. The zero-order valence-electron chi connectivity index (χ0n) is 11.6. The zero-order valence-corrected chi connectivity index (χ0v) is 12.3. The van der Waals surface area contributed by atoms with Crippen LogP contribution in [0.3, 0.4) is 0 Å². The van der Waals surface area contributed by atoms with Gasteiger partial charge in [0.1, 0.15) is 11.6 Å². The Morgan fingerprint density at radius 1 is 1.15 bits per heavy atom. The molecule has 0 aliphatic rings. The van der Waals surface area contributed by atoms with Gasteiger partial charge >= 0.3 is 0 Å². The average Bonchev–Trinajstić information content (AvgIpc) is 2.45. The average molecular weight is 293 g/mol. The van der Waals surface area contributed by atoms with Crippen LogP contribution in [0.4, 0.5) is 11.6 Å². The van der Waals surface area contributed by atoms with Gasteiger partial charge in [0, 0.05) is 12.1 Å². The molecule has 1 N–H and O–H groups in total. The van der Waals surface area contributed by atoms with Crippen molar-refractivity contribution in [2.75, 3.05) is 12.4 Å². The number of hydrogen-bond acceptors (Lipinski definition) is 5. The smallest absolute Gasteiger partial charge is 0.231 e. The lowest BCUT2D eigenvalue weighted by molar-refractivity contribution is 0.415. The second-order valence-corrected chi connectivity index (χ2v) is 4.64. The molecule has 106 valence electrons. The number of hydrogen-bond donors (Lipinski definition) is 1. The van der Waals surface area contributed by atoms with E-state index in [0.29, 0.717) is 11.8 Å². The van der Waals surface area contributed by atoms with Gasteiger partial charge in [-0.15, -0.1) is 0 Å². The molecule has 0 bridgehead atoms. The van der Waals surface area contributed by atoms with Gasteiger partial charge < -0.3 is 10.1 Å². The molecule has 1 heterocycles. The first-order valence-electron chi connectivity index (χ1n) is 6.53. The van der Waals surface area contributed by atoms with E-state index in [-0.39, 0.29) is 5.28 Å². The Bertz CT molecular complexity index is 560. The van der Waals surface area contributed by atoms with Crippen LogP contribution in [0, 0.1) is 0 Å². The predicted octanol–water partition coefficient (Wildman–Crippen LogP) is 3.62. The van der Waals surface area contributed by atoms with Crippen LogP contribution in [0.25, 0.3) is 0 Å². The van der Waals surface area contributed by atoms with Crippen molar-refractivity contribution in [1.29, 1.82) is 0 Å². The SMILES string of the molecule is CCCCc1nc(Cl)nc(Nc2ccc(OC)cc2)n1. The molecule has 0 fully saturated rings. The Hall–Kier alpha value is -1.88. The van der Waals surface area contributed by atoms with E-state index in [1.54, 1.807) is 7.11 Å². The minimum absolute atomic E-state index is 0.210. The van der Waals surface area contributed by atoms with Crippen molar-refractivity contribution in [2.45, 2.75) is 26.2 Å². The fraction of sp³-hybridized carbons (Fsp3) is 0.357. The Labute approximate surface area is 123 Å². The number of aromatic nitrogens is 3. The van der Waals surface area contributed by atoms with Crippen molar-refractivity contribution in [2.24, 2.45) is 0 Å². The van der Waals surface area contributed by atoms with Crippen LogP contribution in [0.15, 0.2) is 24.3 Å². The number of rotatable bonds is 6. The van der Waals surface area contributed by atoms with Gasteiger partial charge in [-0.2, -0.15) is 9.97 Å². The number of ether oxygens (including phenoxy) is 1. The third-order valence-electron chi connectivity index (χ3n) is 2.75. The van der Waals surface area contributed by atoms with Gasteiger partial charge in [0.25, 0.3) is 0 Å². The zero-order chi connectivity index (χ0) is 14.4. The Morgan fingerprint density at radius 2 is 1.90 bits per heavy atom. The van der Waals surface area contributed by atoms with Crippen molar-refractivity contribution < 1.29 is 4.74 Å². The van der Waals surface area contributed by atoms with Gasteiger partial charge in [-0.25, -0.2) is 4.98 Å². The number of benzene rings is 1. The molecule has 1 aromatic carbocycles. The molecule has 2 rings (SSSR count). The normalized spacial score (nSPS) is 10.3. The van der Waals surface area contributed by atoms with Gasteiger partial charge in [-0.05, 0) is 42.3 Å². The summed E-state index contributed by atoms with van der Waals surface area (Å²) >= 11 is 5.92. The maximum Gasteiger partial charge on any atom is 0.231 e. The van der Waals surface area contributed by atoms with Gasteiger partial charge in [-0.3, -0.25) is 0 Å². The predicted molar refractivity (Wildman–Crippen MR) is 79.7 cm³/mol. The first-order valence-corrected chi connectivity index (χ1v) is 6.90. The summed E-state index contributed by atoms with van der Waals surface area (Å²) in [6.45, 7) is 2.12. The molecule has 0 aliphatic carbocycles. The van der Waals surface area contributed by atoms with Crippen LogP contribution < -0.4 is 10.1 Å². The van der Waals surface area contributed by atoms with Crippen LogP contribution in [0.2, 0.25) is 5.28 Å². The summed E-state index contributed by atoms with van der Waals surface area (Å²) in [6, 6.07) is 7.51. The molecule has 1 aromatic heterocycles. The van der Waals surface area contributed by atoms with E-state index in [9.17, 15) is 0 Å². The quantitative estimate of drug-likeness (QED) is 0.881. The molecule has 6 heteroatoms. The molecular formula is C14H17ClN4O. The maximum absolute atomic E-state index is 5.92. The number of nitrogens with one attached hydrogen (secondary N) is 1. The van der Waals surface area contributed by atoms with Crippen LogP contribution in [0.5, 0.6) is 5.75 Å². The van der Waals surface area contributed by atoms with Crippen molar-refractivity contribution in [1.82, 2.24) is 15.0 Å². The Morgan fingerprint density at radius 3 is 2.55 bits per heavy atom. The topological polar surface area (TPSA) is 59.9 Å². The number of methoxy groups -OCH3 is 1. The van der Waals surface area contributed by atoms with Crippen LogP contribution in [0.1, 0.15) is 25.6 Å². The fourth-order valence-corrected chi connectivity index (χ4v) is 1.87. The number of anilines is 2. The van der Waals surface area contributed by atoms with E-state index in [0.717, 1.165) is 30.7 Å². The minimum Gasteiger partial charge on any atom is -0.497 e. The number of aryl methyl sites for hydroxylation is 1. The molecule has 0 spiro atoms. The summed E-state index contributed by atoms with van der Waals surface area (Å²) in [7, 11) is 1.63. The van der Waals surface area contributed by atoms with E-state index in [1.807, 2.05) is 24.3 Å². The summed E-state index contributed by atoms with van der Waals surface area (Å²) in [6.07, 6.45) is 2.92. The summed E-state index contributed by atoms with van der Waals surface area (Å²) < 4.78 is 5.11. The molecule has 5 nitrogen and oxygen atoms in total. The van der Waals surface area contributed by atoms with Crippen LogP contribution >= 0.6 is 11.6 Å². The van der Waals surface area contributed by atoms with Crippen molar-refractivity contribution >= 4 is 23.2 Å².